The predicted molar refractivity (Wildman–Crippen MR) is 113 cm³/mol. The Kier molecular flexibility index (Phi) is 6.92. The van der Waals surface area contributed by atoms with Crippen molar-refractivity contribution >= 4 is 10.9 Å². The highest BCUT2D eigenvalue weighted by Crippen LogP contribution is 2.33. The maximum Gasteiger partial charge on any atom is 0.163 e. The van der Waals surface area contributed by atoms with Crippen molar-refractivity contribution in [3.05, 3.63) is 71.4 Å². The van der Waals surface area contributed by atoms with Crippen LogP contribution in [-0.4, -0.2) is 61.5 Å². The number of para-hydroxylation sites is 1. The first-order valence-corrected chi connectivity index (χ1v) is 10.00. The predicted octanol–water partition coefficient (Wildman–Crippen LogP) is 0.942. The van der Waals surface area contributed by atoms with E-state index in [4.69, 9.17) is 4.74 Å². The molecule has 2 aromatic carbocycles. The molecule has 1 fully saturated rings. The quantitative estimate of drug-likeness (QED) is 0.493. The van der Waals surface area contributed by atoms with Crippen molar-refractivity contribution in [3.8, 4) is 0 Å². The van der Waals surface area contributed by atoms with Crippen LogP contribution in [0.25, 0.3) is 10.9 Å². The zero-order chi connectivity index (χ0) is 20.5. The van der Waals surface area contributed by atoms with E-state index in [1.54, 1.807) is 4.57 Å². The molecule has 6 N–H and O–H groups in total. The lowest BCUT2D eigenvalue weighted by molar-refractivity contribution is -0.250. The molecule has 7 heteroatoms. The third-order valence-corrected chi connectivity index (χ3v) is 5.79. The van der Waals surface area contributed by atoms with Crippen molar-refractivity contribution in [1.29, 1.82) is 0 Å². The summed E-state index contributed by atoms with van der Waals surface area (Å²) < 4.78 is 7.56. The summed E-state index contributed by atoms with van der Waals surface area (Å²) in [7, 11) is 0. The number of hydrogen-bond donors (Lipinski definition) is 4. The lowest BCUT2D eigenvalue weighted by atomic mass is 9.98. The summed E-state index contributed by atoms with van der Waals surface area (Å²) in [6, 6.07) is 16.3. The summed E-state index contributed by atoms with van der Waals surface area (Å²) in [5, 5.41) is 41.3. The van der Waals surface area contributed by atoms with E-state index in [2.05, 4.69) is 31.2 Å². The number of hydrogen-bond acceptors (Lipinski definition) is 5. The smallest absolute Gasteiger partial charge is 0.163 e. The highest BCUT2D eigenvalue weighted by Gasteiger charge is 2.44. The molecule has 1 saturated heterocycles. The van der Waals surface area contributed by atoms with Crippen molar-refractivity contribution < 1.29 is 30.6 Å². The van der Waals surface area contributed by atoms with Crippen LogP contribution in [0.3, 0.4) is 0 Å². The fourth-order valence-electron chi connectivity index (χ4n) is 4.05. The van der Waals surface area contributed by atoms with Crippen LogP contribution in [0.15, 0.2) is 54.7 Å². The largest absolute Gasteiger partial charge is 0.412 e. The molecule has 0 radical (unpaired) electrons. The Labute approximate surface area is 175 Å². The molecule has 5 atom stereocenters. The minimum absolute atomic E-state index is 0. The van der Waals surface area contributed by atoms with Gasteiger partial charge in [-0.3, -0.25) is 0 Å². The molecule has 3 aromatic rings. The van der Waals surface area contributed by atoms with Crippen LogP contribution in [0.2, 0.25) is 0 Å². The summed E-state index contributed by atoms with van der Waals surface area (Å²) in [6.07, 6.45) is -2.31. The molecule has 162 valence electrons. The van der Waals surface area contributed by atoms with Gasteiger partial charge in [0.1, 0.15) is 24.4 Å². The molecule has 0 spiro atoms. The number of ether oxygens (including phenoxy) is 1. The zero-order valence-corrected chi connectivity index (χ0v) is 16.8. The van der Waals surface area contributed by atoms with Crippen LogP contribution in [0, 0.1) is 0 Å². The van der Waals surface area contributed by atoms with E-state index in [1.807, 2.05) is 30.5 Å². The summed E-state index contributed by atoms with van der Waals surface area (Å²) in [6.45, 7) is 1.68. The van der Waals surface area contributed by atoms with Gasteiger partial charge in [0.25, 0.3) is 0 Å². The Balaban J connectivity index is 0.00000256. The van der Waals surface area contributed by atoms with Crippen LogP contribution < -0.4 is 0 Å². The summed E-state index contributed by atoms with van der Waals surface area (Å²) in [5.74, 6) is 0. The van der Waals surface area contributed by atoms with E-state index >= 15 is 0 Å². The first-order chi connectivity index (χ1) is 14.0. The van der Waals surface area contributed by atoms with Crippen molar-refractivity contribution in [2.45, 2.75) is 50.4 Å². The standard InChI is InChI=1S/C23H27NO5.H2O/c1-2-14-7-9-15(10-8-14)11-16-12-24(18-6-4-3-5-17(16)18)23-22(28)21(27)20(26)19(13-25)29-23;/h3-10,12,19-23,25-28H,2,11,13H2,1H3;1H2/t19-,20-,21+,22-,23+;/m1./s1. The number of fused-ring (bicyclic) bond motifs is 1. The van der Waals surface area contributed by atoms with Crippen molar-refractivity contribution in [2.75, 3.05) is 6.61 Å². The van der Waals surface area contributed by atoms with Gasteiger partial charge in [-0.1, -0.05) is 49.4 Å². The first-order valence-electron chi connectivity index (χ1n) is 10.00. The van der Waals surface area contributed by atoms with Crippen LogP contribution in [-0.2, 0) is 17.6 Å². The Hall–Kier alpha value is -2.26. The Bertz CT molecular complexity index is 967. The number of aromatic nitrogens is 1. The Morgan fingerprint density at radius 3 is 2.23 bits per heavy atom. The second-order valence-corrected chi connectivity index (χ2v) is 7.65. The Morgan fingerprint density at radius 2 is 1.57 bits per heavy atom. The maximum atomic E-state index is 10.6. The van der Waals surface area contributed by atoms with Gasteiger partial charge in [0.2, 0.25) is 0 Å². The van der Waals surface area contributed by atoms with Crippen LogP contribution in [0.5, 0.6) is 0 Å². The normalized spacial score (nSPS) is 26.5. The average Bonchev–Trinajstić information content (AvgIpc) is 3.11. The van der Waals surface area contributed by atoms with E-state index in [-0.39, 0.29) is 5.48 Å². The number of nitrogens with zero attached hydrogens (tertiary/aromatic N) is 1. The van der Waals surface area contributed by atoms with Gasteiger partial charge < -0.3 is 35.2 Å². The number of aliphatic hydroxyl groups is 4. The molecule has 4 rings (SSSR count). The molecule has 7 nitrogen and oxygen atoms in total. The van der Waals surface area contributed by atoms with Gasteiger partial charge in [0, 0.05) is 11.6 Å². The van der Waals surface area contributed by atoms with E-state index in [0.29, 0.717) is 0 Å². The molecular weight excluding hydrogens is 386 g/mol. The molecule has 0 unspecified atom stereocenters. The SMILES string of the molecule is CCc1ccc(Cc2cn([C@H]3O[C@H](CO)[C@@H](O)[C@H](O)[C@H]3O)c3ccccc23)cc1.O. The van der Waals surface area contributed by atoms with Gasteiger partial charge in [0.05, 0.1) is 12.1 Å². The summed E-state index contributed by atoms with van der Waals surface area (Å²) in [5.41, 5.74) is 4.40. The lowest BCUT2D eigenvalue weighted by Crippen LogP contribution is -2.56. The van der Waals surface area contributed by atoms with Gasteiger partial charge in [-0.2, -0.15) is 0 Å². The van der Waals surface area contributed by atoms with Crippen LogP contribution in [0.1, 0.15) is 29.8 Å². The summed E-state index contributed by atoms with van der Waals surface area (Å²) >= 11 is 0. The lowest BCUT2D eigenvalue weighted by Gasteiger charge is -2.40. The molecule has 1 aliphatic rings. The highest BCUT2D eigenvalue weighted by molar-refractivity contribution is 5.84. The van der Waals surface area contributed by atoms with Crippen molar-refractivity contribution in [2.24, 2.45) is 0 Å². The molecule has 0 amide bonds. The molecule has 0 aliphatic carbocycles. The second-order valence-electron chi connectivity index (χ2n) is 7.65. The summed E-state index contributed by atoms with van der Waals surface area (Å²) in [4.78, 5) is 0. The second kappa shape index (κ2) is 9.26. The fourth-order valence-corrected chi connectivity index (χ4v) is 4.05. The molecule has 0 bridgehead atoms. The van der Waals surface area contributed by atoms with Crippen molar-refractivity contribution in [1.82, 2.24) is 4.57 Å². The minimum Gasteiger partial charge on any atom is -0.412 e. The van der Waals surface area contributed by atoms with Gasteiger partial charge in [-0.25, -0.2) is 0 Å². The molecule has 2 heterocycles. The topological polar surface area (TPSA) is 127 Å². The van der Waals surface area contributed by atoms with Crippen LogP contribution >= 0.6 is 0 Å². The fraction of sp³-hybridized carbons (Fsp3) is 0.391. The number of aliphatic hydroxyl groups excluding tert-OH is 4. The van der Waals surface area contributed by atoms with Gasteiger partial charge >= 0.3 is 0 Å². The third kappa shape index (κ3) is 4.00. The van der Waals surface area contributed by atoms with E-state index in [1.165, 1.54) is 11.1 Å². The third-order valence-electron chi connectivity index (χ3n) is 5.79. The maximum absolute atomic E-state index is 10.6. The Morgan fingerprint density at radius 1 is 0.900 bits per heavy atom. The van der Waals surface area contributed by atoms with E-state index < -0.39 is 37.3 Å². The average molecular weight is 415 g/mol. The van der Waals surface area contributed by atoms with E-state index in [9.17, 15) is 20.4 Å². The minimum atomic E-state index is -1.41. The number of rotatable bonds is 5. The van der Waals surface area contributed by atoms with Crippen LogP contribution in [0.4, 0.5) is 0 Å². The molecule has 1 aromatic heterocycles. The monoisotopic (exact) mass is 415 g/mol. The van der Waals surface area contributed by atoms with Crippen molar-refractivity contribution in [3.63, 3.8) is 0 Å². The van der Waals surface area contributed by atoms with E-state index in [0.717, 1.165) is 29.3 Å². The van der Waals surface area contributed by atoms with Gasteiger partial charge in [-0.15, -0.1) is 0 Å². The number of aryl methyl sites for hydroxylation is 1. The zero-order valence-electron chi connectivity index (χ0n) is 16.8. The first kappa shape index (κ1) is 22.4. The molecule has 0 saturated carbocycles. The molecular formula is C23H29NO6. The molecule has 30 heavy (non-hydrogen) atoms. The number of benzene rings is 2. The van der Waals surface area contributed by atoms with Gasteiger partial charge in [-0.05, 0) is 35.6 Å². The molecule has 1 aliphatic heterocycles. The van der Waals surface area contributed by atoms with Gasteiger partial charge in [0.15, 0.2) is 6.23 Å². The highest BCUT2D eigenvalue weighted by atomic mass is 16.6.